The number of aliphatic carboxylic acids is 1. The summed E-state index contributed by atoms with van der Waals surface area (Å²) in [5, 5.41) is 8.91. The van der Waals surface area contributed by atoms with Crippen LogP contribution in [0.5, 0.6) is 11.5 Å². The average Bonchev–Trinajstić information content (AvgIpc) is 2.27. The first-order valence-corrected chi connectivity index (χ1v) is 4.74. The monoisotopic (exact) mass is 208 g/mol. The molecule has 0 saturated carbocycles. The minimum Gasteiger partial charge on any atom is -0.496 e. The molecule has 0 spiro atoms. The van der Waals surface area contributed by atoms with Gasteiger partial charge in [-0.05, 0) is 18.6 Å². The van der Waals surface area contributed by atoms with Gasteiger partial charge in [0, 0.05) is 5.56 Å². The maximum absolute atomic E-state index is 10.8. The van der Waals surface area contributed by atoms with Crippen molar-refractivity contribution in [3.05, 3.63) is 23.8 Å². The van der Waals surface area contributed by atoms with Crippen LogP contribution in [-0.2, 0) is 11.2 Å². The fraction of sp³-hybridized carbons (Fsp3) is 0.364. The topological polar surface area (TPSA) is 55.8 Å². The van der Waals surface area contributed by atoms with Gasteiger partial charge in [0.15, 0.2) is 0 Å². The molecule has 0 fully saturated rings. The van der Waals surface area contributed by atoms with Gasteiger partial charge in [-0.3, -0.25) is 4.79 Å². The first-order chi connectivity index (χ1) is 7.22. The molecule has 4 nitrogen and oxygen atoms in total. The lowest BCUT2D eigenvalue weighted by Gasteiger charge is -2.23. The number of benzene rings is 1. The fourth-order valence-corrected chi connectivity index (χ4v) is 1.73. The molecule has 1 N–H and O–H groups in total. The van der Waals surface area contributed by atoms with Crippen molar-refractivity contribution in [2.45, 2.75) is 6.42 Å². The van der Waals surface area contributed by atoms with Gasteiger partial charge in [0.25, 0.3) is 0 Å². The highest BCUT2D eigenvalue weighted by molar-refractivity contribution is 5.71. The van der Waals surface area contributed by atoms with Crippen molar-refractivity contribution in [1.82, 2.24) is 0 Å². The number of methoxy groups -OCH3 is 1. The zero-order valence-corrected chi connectivity index (χ0v) is 8.40. The Hall–Kier alpha value is -1.71. The van der Waals surface area contributed by atoms with Gasteiger partial charge < -0.3 is 14.6 Å². The molecule has 1 aliphatic heterocycles. The highest BCUT2D eigenvalue weighted by atomic mass is 16.5. The molecule has 0 unspecified atom stereocenters. The van der Waals surface area contributed by atoms with Crippen LogP contribution in [-0.4, -0.2) is 24.8 Å². The van der Waals surface area contributed by atoms with E-state index >= 15 is 0 Å². The molecule has 0 saturated heterocycles. The molecular weight excluding hydrogens is 196 g/mol. The third-order valence-electron chi connectivity index (χ3n) is 2.55. The maximum Gasteiger partial charge on any atom is 0.310 e. The molecule has 2 rings (SSSR count). The normalized spacial score (nSPS) is 18.9. The molecule has 80 valence electrons. The molecule has 1 aliphatic rings. The van der Waals surface area contributed by atoms with Crippen LogP contribution < -0.4 is 9.47 Å². The number of carboxylic acids is 1. The highest BCUT2D eigenvalue weighted by Crippen LogP contribution is 2.34. The molecule has 1 aromatic carbocycles. The van der Waals surface area contributed by atoms with E-state index in [1.807, 2.05) is 18.2 Å². The second kappa shape index (κ2) is 3.81. The van der Waals surface area contributed by atoms with E-state index < -0.39 is 11.9 Å². The summed E-state index contributed by atoms with van der Waals surface area (Å²) >= 11 is 0. The first kappa shape index (κ1) is 9.83. The molecule has 0 bridgehead atoms. The number of hydrogen-bond donors (Lipinski definition) is 1. The van der Waals surface area contributed by atoms with Gasteiger partial charge >= 0.3 is 5.97 Å². The smallest absolute Gasteiger partial charge is 0.310 e. The van der Waals surface area contributed by atoms with Crippen molar-refractivity contribution in [3.63, 3.8) is 0 Å². The van der Waals surface area contributed by atoms with E-state index in [0.717, 1.165) is 11.3 Å². The third-order valence-corrected chi connectivity index (χ3v) is 2.55. The Kier molecular flexibility index (Phi) is 2.49. The Morgan fingerprint density at radius 2 is 2.40 bits per heavy atom. The van der Waals surface area contributed by atoms with Crippen molar-refractivity contribution in [2.24, 2.45) is 5.92 Å². The summed E-state index contributed by atoms with van der Waals surface area (Å²) in [5.74, 6) is 0.116. The van der Waals surface area contributed by atoms with E-state index in [1.165, 1.54) is 0 Å². The van der Waals surface area contributed by atoms with E-state index in [9.17, 15) is 4.79 Å². The van der Waals surface area contributed by atoms with Gasteiger partial charge in [0.2, 0.25) is 0 Å². The van der Waals surface area contributed by atoms with Gasteiger partial charge in [-0.1, -0.05) is 6.07 Å². The molecule has 0 aliphatic carbocycles. The van der Waals surface area contributed by atoms with Crippen LogP contribution in [0.2, 0.25) is 0 Å². The van der Waals surface area contributed by atoms with E-state index in [-0.39, 0.29) is 6.61 Å². The van der Waals surface area contributed by atoms with Crippen LogP contribution in [0.4, 0.5) is 0 Å². The van der Waals surface area contributed by atoms with Gasteiger partial charge in [0.1, 0.15) is 18.1 Å². The summed E-state index contributed by atoms with van der Waals surface area (Å²) in [4.78, 5) is 10.8. The number of ether oxygens (including phenoxy) is 2. The van der Waals surface area contributed by atoms with Crippen molar-refractivity contribution >= 4 is 5.97 Å². The van der Waals surface area contributed by atoms with Crippen LogP contribution in [0.3, 0.4) is 0 Å². The molecule has 0 aromatic heterocycles. The Morgan fingerprint density at radius 3 is 3.07 bits per heavy atom. The summed E-state index contributed by atoms with van der Waals surface area (Å²) in [6.07, 6.45) is 0.467. The standard InChI is InChI=1S/C11H12O4/c1-14-9-3-2-4-10-8(9)5-7(6-15-10)11(12)13/h2-4,7H,5-6H2,1H3,(H,12,13)/t7-/m1/s1. The van der Waals surface area contributed by atoms with Gasteiger partial charge in [-0.25, -0.2) is 0 Å². The molecule has 15 heavy (non-hydrogen) atoms. The number of hydrogen-bond acceptors (Lipinski definition) is 3. The second-order valence-corrected chi connectivity index (χ2v) is 3.49. The highest BCUT2D eigenvalue weighted by Gasteiger charge is 2.27. The largest absolute Gasteiger partial charge is 0.496 e. The van der Waals surface area contributed by atoms with E-state index in [0.29, 0.717) is 12.2 Å². The third kappa shape index (κ3) is 1.75. The van der Waals surface area contributed by atoms with Crippen molar-refractivity contribution in [1.29, 1.82) is 0 Å². The van der Waals surface area contributed by atoms with Crippen LogP contribution in [0.15, 0.2) is 18.2 Å². The average molecular weight is 208 g/mol. The van der Waals surface area contributed by atoms with E-state index in [4.69, 9.17) is 14.6 Å². The minimum atomic E-state index is -0.827. The summed E-state index contributed by atoms with van der Waals surface area (Å²) in [6, 6.07) is 5.47. The number of carboxylic acid groups (broad SMARTS) is 1. The fourth-order valence-electron chi connectivity index (χ4n) is 1.73. The lowest BCUT2D eigenvalue weighted by atomic mass is 9.96. The van der Waals surface area contributed by atoms with Crippen molar-refractivity contribution in [2.75, 3.05) is 13.7 Å². The number of rotatable bonds is 2. The summed E-state index contributed by atoms with van der Waals surface area (Å²) in [5.41, 5.74) is 0.846. The van der Waals surface area contributed by atoms with Crippen molar-refractivity contribution < 1.29 is 19.4 Å². The number of fused-ring (bicyclic) bond motifs is 1. The first-order valence-electron chi connectivity index (χ1n) is 4.74. The van der Waals surface area contributed by atoms with Crippen molar-refractivity contribution in [3.8, 4) is 11.5 Å². The predicted molar refractivity (Wildman–Crippen MR) is 53.3 cm³/mol. The van der Waals surface area contributed by atoms with Crippen LogP contribution in [0.25, 0.3) is 0 Å². The molecule has 4 heteroatoms. The summed E-state index contributed by atoms with van der Waals surface area (Å²) in [6.45, 7) is 0.232. The quantitative estimate of drug-likeness (QED) is 0.796. The lowest BCUT2D eigenvalue weighted by Crippen LogP contribution is -2.28. The number of carbonyl (C=O) groups is 1. The molecule has 0 amide bonds. The SMILES string of the molecule is COc1cccc2c1C[C@@H](C(=O)O)CO2. The van der Waals surface area contributed by atoms with Gasteiger partial charge in [-0.15, -0.1) is 0 Å². The van der Waals surface area contributed by atoms with E-state index in [1.54, 1.807) is 7.11 Å². The van der Waals surface area contributed by atoms with Crippen LogP contribution in [0, 0.1) is 5.92 Å². The van der Waals surface area contributed by atoms with Gasteiger partial charge in [0.05, 0.1) is 13.0 Å². The summed E-state index contributed by atoms with van der Waals surface area (Å²) in [7, 11) is 1.57. The minimum absolute atomic E-state index is 0.232. The Labute approximate surface area is 87.4 Å². The molecule has 1 heterocycles. The predicted octanol–water partition coefficient (Wildman–Crippen LogP) is 1.33. The Morgan fingerprint density at radius 1 is 1.60 bits per heavy atom. The van der Waals surface area contributed by atoms with Gasteiger partial charge in [-0.2, -0.15) is 0 Å². The maximum atomic E-state index is 10.8. The summed E-state index contributed by atoms with van der Waals surface area (Å²) < 4.78 is 10.5. The molecular formula is C11H12O4. The lowest BCUT2D eigenvalue weighted by molar-refractivity contribution is -0.143. The Bertz CT molecular complexity index is 372. The molecule has 1 atom stereocenters. The zero-order chi connectivity index (χ0) is 10.8. The van der Waals surface area contributed by atoms with Crippen LogP contribution in [0.1, 0.15) is 5.56 Å². The zero-order valence-electron chi connectivity index (χ0n) is 8.40. The second-order valence-electron chi connectivity index (χ2n) is 3.49. The Balaban J connectivity index is 2.34. The van der Waals surface area contributed by atoms with E-state index in [2.05, 4.69) is 0 Å². The molecule has 1 aromatic rings. The molecule has 0 radical (unpaired) electrons. The van der Waals surface area contributed by atoms with Crippen LogP contribution >= 0.6 is 0 Å².